The Balaban J connectivity index is 1.36. The van der Waals surface area contributed by atoms with E-state index in [9.17, 15) is 9.59 Å². The maximum Gasteiger partial charge on any atom is 0.239 e. The van der Waals surface area contributed by atoms with Crippen molar-refractivity contribution in [3.63, 3.8) is 0 Å². The summed E-state index contributed by atoms with van der Waals surface area (Å²) in [6, 6.07) is 7.84. The van der Waals surface area contributed by atoms with Gasteiger partial charge in [0.25, 0.3) is 0 Å². The van der Waals surface area contributed by atoms with Gasteiger partial charge >= 0.3 is 0 Å². The van der Waals surface area contributed by atoms with Crippen molar-refractivity contribution in [1.29, 1.82) is 0 Å². The van der Waals surface area contributed by atoms with E-state index in [1.165, 1.54) is 0 Å². The molecule has 0 bridgehead atoms. The number of fused-ring (bicyclic) bond motifs is 1. The van der Waals surface area contributed by atoms with Crippen molar-refractivity contribution in [2.75, 3.05) is 45.9 Å². The molecule has 25 heavy (non-hydrogen) atoms. The molecule has 1 aliphatic rings. The van der Waals surface area contributed by atoms with Crippen molar-refractivity contribution < 1.29 is 14.3 Å². The van der Waals surface area contributed by atoms with E-state index in [0.29, 0.717) is 6.54 Å². The van der Waals surface area contributed by atoms with Crippen LogP contribution in [0.2, 0.25) is 0 Å². The molecule has 134 valence electrons. The number of nitrogens with one attached hydrogen (secondary N) is 3. The summed E-state index contributed by atoms with van der Waals surface area (Å²) in [4.78, 5) is 29.3. The third-order valence-electron chi connectivity index (χ3n) is 4.33. The van der Waals surface area contributed by atoms with E-state index >= 15 is 0 Å². The van der Waals surface area contributed by atoms with E-state index in [1.54, 1.807) is 0 Å². The first-order valence-electron chi connectivity index (χ1n) is 8.61. The first-order valence-corrected chi connectivity index (χ1v) is 8.61. The van der Waals surface area contributed by atoms with Crippen LogP contribution in [-0.2, 0) is 20.7 Å². The zero-order valence-electron chi connectivity index (χ0n) is 14.2. The Labute approximate surface area is 146 Å². The fourth-order valence-corrected chi connectivity index (χ4v) is 2.93. The summed E-state index contributed by atoms with van der Waals surface area (Å²) in [6.45, 7) is 4.68. The van der Waals surface area contributed by atoms with Crippen molar-refractivity contribution in [2.24, 2.45) is 0 Å². The Morgan fingerprint density at radius 2 is 1.92 bits per heavy atom. The van der Waals surface area contributed by atoms with Gasteiger partial charge in [0, 0.05) is 43.3 Å². The van der Waals surface area contributed by atoms with E-state index < -0.39 is 0 Å². The van der Waals surface area contributed by atoms with Crippen LogP contribution in [-0.4, -0.2) is 67.6 Å². The van der Waals surface area contributed by atoms with Crippen LogP contribution in [0.25, 0.3) is 10.9 Å². The van der Waals surface area contributed by atoms with Gasteiger partial charge in [0.05, 0.1) is 26.2 Å². The zero-order chi connectivity index (χ0) is 17.5. The highest BCUT2D eigenvalue weighted by molar-refractivity contribution is 5.90. The van der Waals surface area contributed by atoms with Crippen LogP contribution in [0.4, 0.5) is 0 Å². The molecule has 2 aromatic rings. The number of carbonyl (C=O) groups is 2. The molecule has 3 N–H and O–H groups in total. The molecular weight excluding hydrogens is 320 g/mol. The average Bonchev–Trinajstić information content (AvgIpc) is 3.04. The highest BCUT2D eigenvalue weighted by Crippen LogP contribution is 2.17. The number of morpholine rings is 1. The molecule has 0 radical (unpaired) electrons. The first kappa shape index (κ1) is 17.4. The minimum absolute atomic E-state index is 0.00427. The van der Waals surface area contributed by atoms with Crippen LogP contribution < -0.4 is 10.6 Å². The van der Waals surface area contributed by atoms with E-state index in [0.717, 1.165) is 49.3 Å². The normalized spacial score (nSPS) is 15.2. The van der Waals surface area contributed by atoms with Gasteiger partial charge in [0.2, 0.25) is 11.8 Å². The molecule has 0 atom stereocenters. The molecule has 1 aromatic heterocycles. The Hall–Kier alpha value is -2.38. The molecule has 0 spiro atoms. The summed E-state index contributed by atoms with van der Waals surface area (Å²) in [5.74, 6) is -0.325. The van der Waals surface area contributed by atoms with Crippen LogP contribution in [0, 0.1) is 0 Å². The molecule has 0 unspecified atom stereocenters. The number of para-hydroxylation sites is 1. The predicted octanol–water partition coefficient (Wildman–Crippen LogP) is 0.275. The van der Waals surface area contributed by atoms with Crippen LogP contribution in [0.3, 0.4) is 0 Å². The number of carbonyl (C=O) groups excluding carboxylic acids is 2. The lowest BCUT2D eigenvalue weighted by Crippen LogP contribution is -2.43. The Kier molecular flexibility index (Phi) is 6.03. The maximum absolute atomic E-state index is 12.1. The van der Waals surface area contributed by atoms with Gasteiger partial charge in [0.1, 0.15) is 0 Å². The molecular formula is C18H24N4O3. The van der Waals surface area contributed by atoms with Crippen molar-refractivity contribution in [3.05, 3.63) is 36.0 Å². The molecule has 0 aliphatic carbocycles. The fraction of sp³-hybridized carbons (Fsp3) is 0.444. The number of H-pyrrole nitrogens is 1. The van der Waals surface area contributed by atoms with Gasteiger partial charge in [-0.15, -0.1) is 0 Å². The van der Waals surface area contributed by atoms with Crippen molar-refractivity contribution >= 4 is 22.7 Å². The number of ether oxygens (including phenoxy) is 1. The topological polar surface area (TPSA) is 86.5 Å². The molecule has 2 amide bonds. The highest BCUT2D eigenvalue weighted by atomic mass is 16.5. The lowest BCUT2D eigenvalue weighted by molar-refractivity contribution is -0.125. The summed E-state index contributed by atoms with van der Waals surface area (Å²) < 4.78 is 5.28. The number of hydrogen-bond acceptors (Lipinski definition) is 4. The van der Waals surface area contributed by atoms with Crippen LogP contribution in [0.1, 0.15) is 5.56 Å². The number of aromatic amines is 1. The van der Waals surface area contributed by atoms with Crippen molar-refractivity contribution in [2.45, 2.75) is 6.42 Å². The SMILES string of the molecule is O=C(CNC(=O)Cc1c[nH]c2ccccc12)NCCN1CCOCC1. The first-order chi connectivity index (χ1) is 12.2. The Morgan fingerprint density at radius 3 is 2.76 bits per heavy atom. The van der Waals surface area contributed by atoms with Crippen LogP contribution >= 0.6 is 0 Å². The lowest BCUT2D eigenvalue weighted by Gasteiger charge is -2.26. The molecule has 1 saturated heterocycles. The van der Waals surface area contributed by atoms with E-state index in [4.69, 9.17) is 4.74 Å². The number of hydrogen-bond donors (Lipinski definition) is 3. The third kappa shape index (κ3) is 5.04. The second kappa shape index (κ2) is 8.64. The van der Waals surface area contributed by atoms with Gasteiger partial charge in [0.15, 0.2) is 0 Å². The summed E-state index contributed by atoms with van der Waals surface area (Å²) >= 11 is 0. The summed E-state index contributed by atoms with van der Waals surface area (Å²) in [5, 5.41) is 6.54. The van der Waals surface area contributed by atoms with Crippen LogP contribution in [0.5, 0.6) is 0 Å². The number of benzene rings is 1. The summed E-state index contributed by atoms with van der Waals surface area (Å²) in [6.07, 6.45) is 2.09. The predicted molar refractivity (Wildman–Crippen MR) is 95.3 cm³/mol. The van der Waals surface area contributed by atoms with E-state index in [2.05, 4.69) is 20.5 Å². The number of rotatable bonds is 7. The van der Waals surface area contributed by atoms with Gasteiger partial charge in [-0.2, -0.15) is 0 Å². The number of nitrogens with zero attached hydrogens (tertiary/aromatic N) is 1. The lowest BCUT2D eigenvalue weighted by atomic mass is 10.1. The standard InChI is InChI=1S/C18H24N4O3/c23-17(11-14-12-20-16-4-2-1-3-15(14)16)21-13-18(24)19-5-6-22-7-9-25-10-8-22/h1-4,12,20H,5-11,13H2,(H,19,24)(H,21,23). The van der Waals surface area contributed by atoms with Gasteiger partial charge < -0.3 is 20.4 Å². The zero-order valence-corrected chi connectivity index (χ0v) is 14.2. The minimum Gasteiger partial charge on any atom is -0.379 e. The maximum atomic E-state index is 12.1. The molecule has 7 nitrogen and oxygen atoms in total. The molecule has 7 heteroatoms. The van der Waals surface area contributed by atoms with E-state index in [-0.39, 0.29) is 24.8 Å². The fourth-order valence-electron chi connectivity index (χ4n) is 2.93. The Morgan fingerprint density at radius 1 is 1.12 bits per heavy atom. The monoisotopic (exact) mass is 344 g/mol. The smallest absolute Gasteiger partial charge is 0.239 e. The molecule has 1 aromatic carbocycles. The minimum atomic E-state index is -0.166. The molecule has 1 fully saturated rings. The van der Waals surface area contributed by atoms with Gasteiger partial charge in [-0.3, -0.25) is 14.5 Å². The van der Waals surface area contributed by atoms with Crippen molar-refractivity contribution in [1.82, 2.24) is 20.5 Å². The molecule has 0 saturated carbocycles. The van der Waals surface area contributed by atoms with Crippen molar-refractivity contribution in [3.8, 4) is 0 Å². The second-order valence-electron chi connectivity index (χ2n) is 6.12. The average molecular weight is 344 g/mol. The van der Waals surface area contributed by atoms with Crippen LogP contribution in [0.15, 0.2) is 30.5 Å². The van der Waals surface area contributed by atoms with E-state index in [1.807, 2.05) is 30.5 Å². The number of amides is 2. The quantitative estimate of drug-likeness (QED) is 0.673. The molecule has 2 heterocycles. The van der Waals surface area contributed by atoms with Gasteiger partial charge in [-0.25, -0.2) is 0 Å². The summed E-state index contributed by atoms with van der Waals surface area (Å²) in [7, 11) is 0. The van der Waals surface area contributed by atoms with Gasteiger partial charge in [-0.05, 0) is 11.6 Å². The Bertz CT molecular complexity index is 722. The van der Waals surface area contributed by atoms with Gasteiger partial charge in [-0.1, -0.05) is 18.2 Å². The second-order valence-corrected chi connectivity index (χ2v) is 6.12. The summed E-state index contributed by atoms with van der Waals surface area (Å²) in [5.41, 5.74) is 1.94. The number of aromatic nitrogens is 1. The molecule has 3 rings (SSSR count). The largest absolute Gasteiger partial charge is 0.379 e. The third-order valence-corrected chi connectivity index (χ3v) is 4.33. The molecule has 1 aliphatic heterocycles. The highest BCUT2D eigenvalue weighted by Gasteiger charge is 2.12.